The normalized spacial score (nSPS) is 49.0. The van der Waals surface area contributed by atoms with E-state index in [1.165, 1.54) is 26.4 Å². The molecule has 0 heterocycles. The third-order valence-corrected chi connectivity index (χ3v) is 10.3. The molecule has 4 aliphatic rings. The molecule has 0 spiro atoms. The summed E-state index contributed by atoms with van der Waals surface area (Å²) in [6.07, 6.45) is 6.15. The predicted molar refractivity (Wildman–Crippen MR) is 113 cm³/mol. The van der Waals surface area contributed by atoms with Crippen molar-refractivity contribution in [3.05, 3.63) is 0 Å². The quantitative estimate of drug-likeness (QED) is 0.677. The van der Waals surface area contributed by atoms with Crippen LogP contribution >= 0.6 is 0 Å². The van der Waals surface area contributed by atoms with E-state index < -0.39 is 12.2 Å². The zero-order valence-corrected chi connectivity index (χ0v) is 19.1. The Bertz CT molecular complexity index is 691. The van der Waals surface area contributed by atoms with Gasteiger partial charge in [0.15, 0.2) is 0 Å². The molecule has 4 saturated carbocycles. The SMILES string of the molecule is COC(=O)CC[C@@H](C)[C@H]1CC[C@H]2[C@@H]3CC(=O)[C@H]4C[C@H](O)[C@@H](O)C[C@]4(C)[C@H]3CC[C@]12C. The number of aliphatic hydroxyl groups is 2. The molecule has 0 unspecified atom stereocenters. The first-order valence-electron chi connectivity index (χ1n) is 12.1. The molecule has 0 aromatic heterocycles. The number of carbonyl (C=O) groups excluding carboxylic acids is 2. The molecule has 0 aliphatic heterocycles. The standard InChI is InChI=1S/C25H40O5/c1-14(5-8-23(29)30-4)16-6-7-17-15-11-20(26)19-12-21(27)22(28)13-25(19,3)18(15)9-10-24(16,17)2/h14-19,21-22,27-28H,5-13H2,1-4H3/t14-,15+,16-,17+,18+,19-,21+,22+,24-,25-/m1/s1. The van der Waals surface area contributed by atoms with E-state index in [-0.39, 0.29) is 22.7 Å². The van der Waals surface area contributed by atoms with Gasteiger partial charge in [-0.25, -0.2) is 0 Å². The van der Waals surface area contributed by atoms with Crippen LogP contribution in [0.2, 0.25) is 0 Å². The van der Waals surface area contributed by atoms with Crippen LogP contribution in [-0.2, 0) is 14.3 Å². The molecule has 0 aromatic rings. The lowest BCUT2D eigenvalue weighted by molar-refractivity contribution is -0.173. The van der Waals surface area contributed by atoms with Crippen molar-refractivity contribution in [3.8, 4) is 0 Å². The lowest BCUT2D eigenvalue weighted by Crippen LogP contribution is -2.59. The van der Waals surface area contributed by atoms with Gasteiger partial charge < -0.3 is 14.9 Å². The molecule has 170 valence electrons. The Hall–Kier alpha value is -0.940. The highest BCUT2D eigenvalue weighted by Gasteiger charge is 2.63. The number of fused-ring (bicyclic) bond motifs is 5. The van der Waals surface area contributed by atoms with Crippen LogP contribution in [0.1, 0.15) is 78.6 Å². The molecule has 30 heavy (non-hydrogen) atoms. The van der Waals surface area contributed by atoms with Crippen LogP contribution in [-0.4, -0.2) is 41.3 Å². The van der Waals surface area contributed by atoms with Crippen LogP contribution in [0, 0.1) is 46.3 Å². The van der Waals surface area contributed by atoms with Crippen LogP contribution in [0.15, 0.2) is 0 Å². The monoisotopic (exact) mass is 420 g/mol. The minimum atomic E-state index is -0.760. The second-order valence-corrected chi connectivity index (χ2v) is 11.5. The third kappa shape index (κ3) is 3.35. The summed E-state index contributed by atoms with van der Waals surface area (Å²) in [6.45, 7) is 6.95. The fraction of sp³-hybridized carbons (Fsp3) is 0.920. The van der Waals surface area contributed by atoms with Crippen molar-refractivity contribution < 1.29 is 24.5 Å². The topological polar surface area (TPSA) is 83.8 Å². The molecule has 5 heteroatoms. The van der Waals surface area contributed by atoms with Crippen LogP contribution < -0.4 is 0 Å². The molecule has 0 aromatic carbocycles. The van der Waals surface area contributed by atoms with Gasteiger partial charge in [-0.3, -0.25) is 9.59 Å². The molecule has 4 fully saturated rings. The second kappa shape index (κ2) is 7.88. The Morgan fingerprint density at radius 1 is 1.13 bits per heavy atom. The molecule has 2 N–H and O–H groups in total. The molecule has 5 nitrogen and oxygen atoms in total. The maximum atomic E-state index is 13.2. The maximum absolute atomic E-state index is 13.2. The predicted octanol–water partition coefficient (Wildman–Crippen LogP) is 3.75. The lowest BCUT2D eigenvalue weighted by Gasteiger charge is -2.61. The number of aliphatic hydroxyl groups excluding tert-OH is 2. The van der Waals surface area contributed by atoms with Crippen LogP contribution in [0.3, 0.4) is 0 Å². The van der Waals surface area contributed by atoms with Gasteiger partial charge in [-0.05, 0) is 85.4 Å². The number of ketones is 1. The number of methoxy groups -OCH3 is 1. The number of hydrogen-bond donors (Lipinski definition) is 2. The lowest BCUT2D eigenvalue weighted by atomic mass is 9.44. The smallest absolute Gasteiger partial charge is 0.305 e. The summed E-state index contributed by atoms with van der Waals surface area (Å²) in [6, 6.07) is 0. The maximum Gasteiger partial charge on any atom is 0.305 e. The molecule has 4 rings (SSSR count). The Morgan fingerprint density at radius 2 is 1.83 bits per heavy atom. The van der Waals surface area contributed by atoms with Crippen LogP contribution in [0.25, 0.3) is 0 Å². The van der Waals surface area contributed by atoms with Crippen molar-refractivity contribution in [1.82, 2.24) is 0 Å². The average molecular weight is 421 g/mol. The summed E-state index contributed by atoms with van der Waals surface area (Å²) in [4.78, 5) is 24.9. The Balaban J connectivity index is 1.54. The van der Waals surface area contributed by atoms with Gasteiger partial charge in [0.1, 0.15) is 5.78 Å². The second-order valence-electron chi connectivity index (χ2n) is 11.5. The van der Waals surface area contributed by atoms with Gasteiger partial charge in [0.05, 0.1) is 19.3 Å². The molecule has 0 amide bonds. The van der Waals surface area contributed by atoms with Crippen molar-refractivity contribution in [3.63, 3.8) is 0 Å². The Labute approximate surface area is 180 Å². The van der Waals surface area contributed by atoms with Crippen molar-refractivity contribution >= 4 is 11.8 Å². The number of Topliss-reactive ketones (excluding diaryl/α,β-unsaturated/α-hetero) is 1. The van der Waals surface area contributed by atoms with Gasteiger partial charge in [0.25, 0.3) is 0 Å². The van der Waals surface area contributed by atoms with Crippen molar-refractivity contribution in [2.45, 2.75) is 90.8 Å². The molecule has 10 atom stereocenters. The zero-order chi connectivity index (χ0) is 21.8. The number of rotatable bonds is 4. The van der Waals surface area contributed by atoms with Gasteiger partial charge in [-0.15, -0.1) is 0 Å². The molecule has 4 aliphatic carbocycles. The number of carbonyl (C=O) groups is 2. The van der Waals surface area contributed by atoms with E-state index in [0.717, 1.165) is 12.8 Å². The third-order valence-electron chi connectivity index (χ3n) is 10.3. The number of esters is 1. The number of ether oxygens (including phenoxy) is 1. The van der Waals surface area contributed by atoms with Crippen molar-refractivity contribution in [1.29, 1.82) is 0 Å². The molecular weight excluding hydrogens is 380 g/mol. The van der Waals surface area contributed by atoms with Crippen LogP contribution in [0.4, 0.5) is 0 Å². The summed E-state index contributed by atoms with van der Waals surface area (Å²) in [5.41, 5.74) is 0.0432. The summed E-state index contributed by atoms with van der Waals surface area (Å²) < 4.78 is 4.84. The average Bonchev–Trinajstić information content (AvgIpc) is 3.05. The van der Waals surface area contributed by atoms with Gasteiger partial charge in [0.2, 0.25) is 0 Å². The van der Waals surface area contributed by atoms with Gasteiger partial charge in [0, 0.05) is 18.8 Å². The van der Waals surface area contributed by atoms with E-state index in [9.17, 15) is 19.8 Å². The summed E-state index contributed by atoms with van der Waals surface area (Å²) >= 11 is 0. The van der Waals surface area contributed by atoms with E-state index in [4.69, 9.17) is 4.74 Å². The first-order chi connectivity index (χ1) is 14.1. The van der Waals surface area contributed by atoms with E-state index >= 15 is 0 Å². The minimum Gasteiger partial charge on any atom is -0.469 e. The first kappa shape index (κ1) is 22.3. The first-order valence-corrected chi connectivity index (χ1v) is 12.1. The zero-order valence-electron chi connectivity index (χ0n) is 19.1. The van der Waals surface area contributed by atoms with Crippen LogP contribution in [0.5, 0.6) is 0 Å². The molecule has 0 radical (unpaired) electrons. The highest BCUT2D eigenvalue weighted by atomic mass is 16.5. The Morgan fingerprint density at radius 3 is 2.53 bits per heavy atom. The largest absolute Gasteiger partial charge is 0.469 e. The molecule has 0 bridgehead atoms. The fourth-order valence-electron chi connectivity index (χ4n) is 8.70. The summed E-state index contributed by atoms with van der Waals surface area (Å²) in [5.74, 6) is 2.57. The van der Waals surface area contributed by atoms with E-state index in [0.29, 0.717) is 61.1 Å². The molecular formula is C25H40O5. The van der Waals surface area contributed by atoms with Gasteiger partial charge in [-0.1, -0.05) is 20.8 Å². The van der Waals surface area contributed by atoms with E-state index in [1.807, 2.05) is 0 Å². The highest BCUT2D eigenvalue weighted by Crippen LogP contribution is 2.67. The van der Waals surface area contributed by atoms with E-state index in [1.54, 1.807) is 0 Å². The van der Waals surface area contributed by atoms with Gasteiger partial charge in [-0.2, -0.15) is 0 Å². The number of hydrogen-bond acceptors (Lipinski definition) is 5. The summed E-state index contributed by atoms with van der Waals surface area (Å²) in [7, 11) is 1.45. The van der Waals surface area contributed by atoms with Crippen molar-refractivity contribution in [2.75, 3.05) is 7.11 Å². The van der Waals surface area contributed by atoms with Gasteiger partial charge >= 0.3 is 5.97 Å². The fourth-order valence-corrected chi connectivity index (χ4v) is 8.70. The Kier molecular flexibility index (Phi) is 5.85. The van der Waals surface area contributed by atoms with E-state index in [2.05, 4.69) is 20.8 Å². The minimum absolute atomic E-state index is 0.0994. The van der Waals surface area contributed by atoms with Crippen molar-refractivity contribution in [2.24, 2.45) is 46.3 Å². The molecule has 0 saturated heterocycles. The highest BCUT2D eigenvalue weighted by molar-refractivity contribution is 5.83. The summed E-state index contributed by atoms with van der Waals surface area (Å²) in [5, 5.41) is 20.6.